The van der Waals surface area contributed by atoms with Gasteiger partial charge in [0.1, 0.15) is 5.82 Å². The molecule has 0 unspecified atom stereocenters. The molecule has 88 valence electrons. The SMILES string of the molecule is Cc1c(F)cccc1[C@H](C)N1CCNCC1. The van der Waals surface area contributed by atoms with Crippen molar-refractivity contribution in [3.63, 3.8) is 0 Å². The summed E-state index contributed by atoms with van der Waals surface area (Å²) in [5.74, 6) is -0.0977. The minimum atomic E-state index is -0.0977. The van der Waals surface area contributed by atoms with E-state index in [-0.39, 0.29) is 5.82 Å². The molecule has 0 bridgehead atoms. The second-order valence-corrected chi connectivity index (χ2v) is 4.42. The van der Waals surface area contributed by atoms with Crippen LogP contribution in [0.3, 0.4) is 0 Å². The van der Waals surface area contributed by atoms with Gasteiger partial charge in [-0.15, -0.1) is 0 Å². The van der Waals surface area contributed by atoms with Crippen molar-refractivity contribution in [3.05, 3.63) is 35.1 Å². The molecule has 1 heterocycles. The molecule has 2 rings (SSSR count). The average molecular weight is 222 g/mol. The van der Waals surface area contributed by atoms with Crippen molar-refractivity contribution in [2.24, 2.45) is 0 Å². The van der Waals surface area contributed by atoms with Crippen molar-refractivity contribution in [1.29, 1.82) is 0 Å². The van der Waals surface area contributed by atoms with Gasteiger partial charge in [-0.25, -0.2) is 4.39 Å². The third kappa shape index (κ3) is 2.25. The monoisotopic (exact) mass is 222 g/mol. The van der Waals surface area contributed by atoms with Gasteiger partial charge in [-0.2, -0.15) is 0 Å². The zero-order valence-corrected chi connectivity index (χ0v) is 9.96. The van der Waals surface area contributed by atoms with E-state index in [0.717, 1.165) is 37.3 Å². The summed E-state index contributed by atoms with van der Waals surface area (Å²) >= 11 is 0. The summed E-state index contributed by atoms with van der Waals surface area (Å²) in [6, 6.07) is 5.67. The van der Waals surface area contributed by atoms with E-state index < -0.39 is 0 Å². The maximum Gasteiger partial charge on any atom is 0.126 e. The van der Waals surface area contributed by atoms with Gasteiger partial charge in [0.25, 0.3) is 0 Å². The summed E-state index contributed by atoms with van der Waals surface area (Å²) in [4.78, 5) is 2.40. The molecule has 1 fully saturated rings. The fourth-order valence-electron chi connectivity index (χ4n) is 2.34. The third-order valence-corrected chi connectivity index (χ3v) is 3.46. The molecular weight excluding hydrogens is 203 g/mol. The molecule has 0 amide bonds. The van der Waals surface area contributed by atoms with Gasteiger partial charge in [-0.05, 0) is 31.0 Å². The highest BCUT2D eigenvalue weighted by Gasteiger charge is 2.19. The Balaban J connectivity index is 2.19. The zero-order valence-electron chi connectivity index (χ0n) is 9.96. The van der Waals surface area contributed by atoms with Crippen LogP contribution in [0, 0.1) is 12.7 Å². The normalized spacial score (nSPS) is 19.7. The third-order valence-electron chi connectivity index (χ3n) is 3.46. The quantitative estimate of drug-likeness (QED) is 0.824. The molecule has 1 atom stereocenters. The van der Waals surface area contributed by atoms with Crippen molar-refractivity contribution in [1.82, 2.24) is 10.2 Å². The Hall–Kier alpha value is -0.930. The lowest BCUT2D eigenvalue weighted by atomic mass is 10.0. The van der Waals surface area contributed by atoms with E-state index in [9.17, 15) is 4.39 Å². The van der Waals surface area contributed by atoms with Gasteiger partial charge < -0.3 is 5.32 Å². The van der Waals surface area contributed by atoms with Gasteiger partial charge >= 0.3 is 0 Å². The molecule has 1 aliphatic heterocycles. The molecular formula is C13H19FN2. The second-order valence-electron chi connectivity index (χ2n) is 4.42. The molecule has 0 spiro atoms. The van der Waals surface area contributed by atoms with E-state index in [1.54, 1.807) is 6.07 Å². The molecule has 2 nitrogen and oxygen atoms in total. The van der Waals surface area contributed by atoms with E-state index >= 15 is 0 Å². The molecule has 16 heavy (non-hydrogen) atoms. The Bertz CT molecular complexity index is 359. The lowest BCUT2D eigenvalue weighted by Gasteiger charge is -2.33. The van der Waals surface area contributed by atoms with Crippen molar-refractivity contribution in [3.8, 4) is 0 Å². The fraction of sp³-hybridized carbons (Fsp3) is 0.538. The molecule has 1 aromatic rings. The molecule has 1 saturated heterocycles. The highest BCUT2D eigenvalue weighted by atomic mass is 19.1. The van der Waals surface area contributed by atoms with Crippen LogP contribution in [-0.2, 0) is 0 Å². The van der Waals surface area contributed by atoms with E-state index in [4.69, 9.17) is 0 Å². The van der Waals surface area contributed by atoms with Crippen LogP contribution in [0.15, 0.2) is 18.2 Å². The summed E-state index contributed by atoms with van der Waals surface area (Å²) in [6.07, 6.45) is 0. The van der Waals surface area contributed by atoms with Crippen LogP contribution < -0.4 is 5.32 Å². The van der Waals surface area contributed by atoms with Crippen molar-refractivity contribution < 1.29 is 4.39 Å². The van der Waals surface area contributed by atoms with Crippen molar-refractivity contribution >= 4 is 0 Å². The first-order valence-corrected chi connectivity index (χ1v) is 5.90. The van der Waals surface area contributed by atoms with Crippen LogP contribution in [0.4, 0.5) is 4.39 Å². The first kappa shape index (κ1) is 11.6. The van der Waals surface area contributed by atoms with Gasteiger partial charge in [0.2, 0.25) is 0 Å². The molecule has 0 saturated carbocycles. The van der Waals surface area contributed by atoms with E-state index in [1.807, 2.05) is 13.0 Å². The summed E-state index contributed by atoms with van der Waals surface area (Å²) in [6.45, 7) is 8.15. The highest BCUT2D eigenvalue weighted by Crippen LogP contribution is 2.24. The smallest absolute Gasteiger partial charge is 0.126 e. The van der Waals surface area contributed by atoms with Gasteiger partial charge in [0.05, 0.1) is 0 Å². The Morgan fingerprint density at radius 3 is 2.69 bits per heavy atom. The van der Waals surface area contributed by atoms with Crippen LogP contribution in [-0.4, -0.2) is 31.1 Å². The Labute approximate surface area is 96.5 Å². The van der Waals surface area contributed by atoms with Gasteiger partial charge in [-0.1, -0.05) is 12.1 Å². The van der Waals surface area contributed by atoms with Crippen LogP contribution in [0.1, 0.15) is 24.1 Å². The summed E-state index contributed by atoms with van der Waals surface area (Å²) in [5, 5.41) is 3.33. The standard InChI is InChI=1S/C13H19FN2/c1-10-12(4-3-5-13(10)14)11(2)16-8-6-15-7-9-16/h3-5,11,15H,6-9H2,1-2H3/t11-/m0/s1. The number of benzene rings is 1. The predicted octanol–water partition coefficient (Wildman–Crippen LogP) is 2.10. The zero-order chi connectivity index (χ0) is 11.5. The number of rotatable bonds is 2. The molecule has 1 N–H and O–H groups in total. The molecule has 1 aliphatic rings. The molecule has 0 radical (unpaired) electrons. The largest absolute Gasteiger partial charge is 0.314 e. The van der Waals surface area contributed by atoms with Gasteiger partial charge in [-0.3, -0.25) is 4.90 Å². The maximum atomic E-state index is 13.5. The molecule has 1 aromatic carbocycles. The van der Waals surface area contributed by atoms with Crippen molar-refractivity contribution in [2.45, 2.75) is 19.9 Å². The first-order valence-electron chi connectivity index (χ1n) is 5.90. The molecule has 0 aliphatic carbocycles. The van der Waals surface area contributed by atoms with E-state index in [0.29, 0.717) is 6.04 Å². The minimum absolute atomic E-state index is 0.0977. The predicted molar refractivity (Wildman–Crippen MR) is 64.0 cm³/mol. The van der Waals surface area contributed by atoms with Crippen LogP contribution in [0.2, 0.25) is 0 Å². The van der Waals surface area contributed by atoms with Crippen LogP contribution >= 0.6 is 0 Å². The van der Waals surface area contributed by atoms with Crippen molar-refractivity contribution in [2.75, 3.05) is 26.2 Å². The number of hydrogen-bond donors (Lipinski definition) is 1. The minimum Gasteiger partial charge on any atom is -0.314 e. The summed E-state index contributed by atoms with van der Waals surface area (Å²) in [7, 11) is 0. The maximum absolute atomic E-state index is 13.5. The number of nitrogens with zero attached hydrogens (tertiary/aromatic N) is 1. The van der Waals surface area contributed by atoms with E-state index in [2.05, 4.69) is 17.1 Å². The Morgan fingerprint density at radius 2 is 2.00 bits per heavy atom. The first-order chi connectivity index (χ1) is 7.70. The number of halogens is 1. The Morgan fingerprint density at radius 1 is 1.31 bits per heavy atom. The van der Waals surface area contributed by atoms with Gasteiger partial charge in [0.15, 0.2) is 0 Å². The average Bonchev–Trinajstić information content (AvgIpc) is 2.33. The topological polar surface area (TPSA) is 15.3 Å². The lowest BCUT2D eigenvalue weighted by Crippen LogP contribution is -2.44. The van der Waals surface area contributed by atoms with Gasteiger partial charge in [0, 0.05) is 32.2 Å². The van der Waals surface area contributed by atoms with Crippen LogP contribution in [0.5, 0.6) is 0 Å². The number of piperazine rings is 1. The lowest BCUT2D eigenvalue weighted by molar-refractivity contribution is 0.185. The molecule has 0 aromatic heterocycles. The summed E-state index contributed by atoms with van der Waals surface area (Å²) < 4.78 is 13.5. The summed E-state index contributed by atoms with van der Waals surface area (Å²) in [5.41, 5.74) is 1.90. The number of nitrogens with one attached hydrogen (secondary N) is 1. The highest BCUT2D eigenvalue weighted by molar-refractivity contribution is 5.29. The number of hydrogen-bond acceptors (Lipinski definition) is 2. The molecule has 3 heteroatoms. The fourth-order valence-corrected chi connectivity index (χ4v) is 2.34. The van der Waals surface area contributed by atoms with E-state index in [1.165, 1.54) is 6.07 Å². The van der Waals surface area contributed by atoms with Crippen LogP contribution in [0.25, 0.3) is 0 Å². The second kappa shape index (κ2) is 4.93. The Kier molecular flexibility index (Phi) is 3.56.